The maximum atomic E-state index is 12.9. The van der Waals surface area contributed by atoms with Gasteiger partial charge in [0.15, 0.2) is 5.69 Å². The molecule has 4 aromatic rings. The maximum absolute atomic E-state index is 12.9. The normalized spacial score (nSPS) is 11.1. The predicted octanol–water partition coefficient (Wildman–Crippen LogP) is 3.85. The lowest BCUT2D eigenvalue weighted by molar-refractivity contribution is -0.121. The fraction of sp³-hybridized carbons (Fsp3) is 0.308. The topological polar surface area (TPSA) is 109 Å². The fourth-order valence-electron chi connectivity index (χ4n) is 4.09. The van der Waals surface area contributed by atoms with Crippen LogP contribution in [-0.2, 0) is 17.8 Å². The SMILES string of the molecule is CCCCCn1nc(C(=O)NNC(=O)CCCc2c[nH]c3ccccc23)c2ccccc2c1=O. The van der Waals surface area contributed by atoms with Crippen molar-refractivity contribution in [3.63, 3.8) is 0 Å². The lowest BCUT2D eigenvalue weighted by Crippen LogP contribution is -2.42. The van der Waals surface area contributed by atoms with Crippen LogP contribution >= 0.6 is 0 Å². The molecule has 8 nitrogen and oxygen atoms in total. The lowest BCUT2D eigenvalue weighted by atomic mass is 10.1. The number of amides is 2. The molecule has 3 N–H and O–H groups in total. The molecule has 2 heterocycles. The highest BCUT2D eigenvalue weighted by Crippen LogP contribution is 2.19. The monoisotopic (exact) mass is 459 g/mol. The zero-order chi connectivity index (χ0) is 23.9. The number of hydrogen-bond acceptors (Lipinski definition) is 4. The van der Waals surface area contributed by atoms with Gasteiger partial charge in [-0.15, -0.1) is 0 Å². The molecule has 0 aliphatic carbocycles. The second-order valence-electron chi connectivity index (χ2n) is 8.34. The van der Waals surface area contributed by atoms with Gasteiger partial charge in [-0.05, 0) is 37.0 Å². The number of nitrogens with zero attached hydrogens (tertiary/aromatic N) is 2. The third-order valence-electron chi connectivity index (χ3n) is 5.90. The molecule has 2 amide bonds. The van der Waals surface area contributed by atoms with Gasteiger partial charge in [0.2, 0.25) is 5.91 Å². The van der Waals surface area contributed by atoms with Crippen molar-refractivity contribution in [1.82, 2.24) is 25.6 Å². The number of rotatable bonds is 9. The predicted molar refractivity (Wildman–Crippen MR) is 132 cm³/mol. The third kappa shape index (κ3) is 5.17. The van der Waals surface area contributed by atoms with E-state index >= 15 is 0 Å². The largest absolute Gasteiger partial charge is 0.361 e. The summed E-state index contributed by atoms with van der Waals surface area (Å²) in [5.74, 6) is -0.834. The first-order chi connectivity index (χ1) is 16.6. The summed E-state index contributed by atoms with van der Waals surface area (Å²) in [4.78, 5) is 41.2. The van der Waals surface area contributed by atoms with Crippen molar-refractivity contribution in [3.8, 4) is 0 Å². The minimum Gasteiger partial charge on any atom is -0.361 e. The lowest BCUT2D eigenvalue weighted by Gasteiger charge is -2.12. The molecule has 0 spiro atoms. The van der Waals surface area contributed by atoms with E-state index in [0.717, 1.165) is 42.1 Å². The van der Waals surface area contributed by atoms with Gasteiger partial charge in [-0.1, -0.05) is 56.2 Å². The van der Waals surface area contributed by atoms with Gasteiger partial charge in [0.05, 0.1) is 5.39 Å². The Morgan fingerprint density at radius 3 is 2.47 bits per heavy atom. The summed E-state index contributed by atoms with van der Waals surface area (Å²) < 4.78 is 1.34. The molecule has 0 saturated carbocycles. The first-order valence-electron chi connectivity index (χ1n) is 11.7. The van der Waals surface area contributed by atoms with Crippen LogP contribution in [-0.4, -0.2) is 26.6 Å². The molecule has 0 aliphatic heterocycles. The molecule has 176 valence electrons. The van der Waals surface area contributed by atoms with Crippen molar-refractivity contribution in [2.75, 3.05) is 0 Å². The molecule has 2 aromatic carbocycles. The molecule has 0 atom stereocenters. The minimum atomic E-state index is -0.551. The molecule has 2 aromatic heterocycles. The highest BCUT2D eigenvalue weighted by atomic mass is 16.2. The number of H-pyrrole nitrogens is 1. The van der Waals surface area contributed by atoms with Crippen molar-refractivity contribution in [2.24, 2.45) is 0 Å². The molecule has 0 bridgehead atoms. The van der Waals surface area contributed by atoms with Crippen molar-refractivity contribution in [3.05, 3.63) is 76.3 Å². The van der Waals surface area contributed by atoms with Gasteiger partial charge in [0.1, 0.15) is 0 Å². The van der Waals surface area contributed by atoms with Gasteiger partial charge >= 0.3 is 0 Å². The Bertz CT molecular complexity index is 1370. The molecule has 0 saturated heterocycles. The van der Waals surface area contributed by atoms with Crippen LogP contribution in [0.4, 0.5) is 0 Å². The van der Waals surface area contributed by atoms with Crippen molar-refractivity contribution in [2.45, 2.75) is 52.0 Å². The van der Waals surface area contributed by atoms with Crippen LogP contribution in [0, 0.1) is 0 Å². The van der Waals surface area contributed by atoms with Gasteiger partial charge in [-0.3, -0.25) is 25.2 Å². The quantitative estimate of drug-likeness (QED) is 0.261. The number of fused-ring (bicyclic) bond motifs is 2. The Kier molecular flexibility index (Phi) is 7.37. The molecule has 0 aliphatic rings. The van der Waals surface area contributed by atoms with Crippen LogP contribution in [0.1, 0.15) is 55.1 Å². The van der Waals surface area contributed by atoms with E-state index in [1.165, 1.54) is 4.68 Å². The molecule has 8 heteroatoms. The summed E-state index contributed by atoms with van der Waals surface area (Å²) in [6, 6.07) is 14.9. The smallest absolute Gasteiger partial charge is 0.290 e. The summed E-state index contributed by atoms with van der Waals surface area (Å²) in [5, 5.41) is 6.37. The number of aromatic amines is 1. The van der Waals surface area contributed by atoms with Gasteiger partial charge in [-0.25, -0.2) is 4.68 Å². The van der Waals surface area contributed by atoms with E-state index in [2.05, 4.69) is 33.9 Å². The Morgan fingerprint density at radius 1 is 0.941 bits per heavy atom. The van der Waals surface area contributed by atoms with E-state index in [-0.39, 0.29) is 23.6 Å². The van der Waals surface area contributed by atoms with Gasteiger partial charge < -0.3 is 4.98 Å². The molecule has 0 radical (unpaired) electrons. The first kappa shape index (κ1) is 23.2. The average molecular weight is 460 g/mol. The van der Waals surface area contributed by atoms with Crippen LogP contribution in [0.15, 0.2) is 59.5 Å². The zero-order valence-corrected chi connectivity index (χ0v) is 19.3. The summed E-state index contributed by atoms with van der Waals surface area (Å²) in [5.41, 5.74) is 7.06. The van der Waals surface area contributed by atoms with Crippen molar-refractivity contribution in [1.29, 1.82) is 0 Å². The Morgan fingerprint density at radius 2 is 1.68 bits per heavy atom. The van der Waals surface area contributed by atoms with E-state index in [9.17, 15) is 14.4 Å². The molecule has 0 unspecified atom stereocenters. The first-order valence-corrected chi connectivity index (χ1v) is 11.7. The summed E-state index contributed by atoms with van der Waals surface area (Å²) in [6.07, 6.45) is 6.42. The number of nitrogens with one attached hydrogen (secondary N) is 3. The van der Waals surface area contributed by atoms with Gasteiger partial charge in [-0.2, -0.15) is 5.10 Å². The molecule has 4 rings (SSSR count). The highest BCUT2D eigenvalue weighted by Gasteiger charge is 2.17. The van der Waals surface area contributed by atoms with Gasteiger partial charge in [0.25, 0.3) is 11.5 Å². The van der Waals surface area contributed by atoms with Crippen LogP contribution in [0.3, 0.4) is 0 Å². The Labute approximate surface area is 197 Å². The minimum absolute atomic E-state index is 0.116. The van der Waals surface area contributed by atoms with Crippen LogP contribution in [0.25, 0.3) is 21.7 Å². The number of aryl methyl sites for hydroxylation is 2. The number of unbranched alkanes of at least 4 members (excludes halogenated alkanes) is 2. The van der Waals surface area contributed by atoms with Crippen LogP contribution < -0.4 is 16.4 Å². The van der Waals surface area contributed by atoms with E-state index in [1.54, 1.807) is 24.3 Å². The van der Waals surface area contributed by atoms with E-state index in [0.29, 0.717) is 23.7 Å². The standard InChI is InChI=1S/C26H29N5O3/c1-2-3-8-16-31-26(34)21-13-5-4-12-20(21)24(30-31)25(33)29-28-23(32)15-9-10-18-17-27-22-14-7-6-11-19(18)22/h4-7,11-14,17,27H,2-3,8-10,15-16H2,1H3,(H,28,32)(H,29,33). The third-order valence-corrected chi connectivity index (χ3v) is 5.90. The number of aromatic nitrogens is 3. The summed E-state index contributed by atoms with van der Waals surface area (Å²) in [7, 11) is 0. The summed E-state index contributed by atoms with van der Waals surface area (Å²) >= 11 is 0. The van der Waals surface area contributed by atoms with E-state index in [4.69, 9.17) is 0 Å². The van der Waals surface area contributed by atoms with Crippen LogP contribution in [0.2, 0.25) is 0 Å². The number of carbonyl (C=O) groups excluding carboxylic acids is 2. The fourth-order valence-corrected chi connectivity index (χ4v) is 4.09. The summed E-state index contributed by atoms with van der Waals surface area (Å²) in [6.45, 7) is 2.52. The number of hydrazine groups is 1. The Balaban J connectivity index is 1.38. The molecule has 0 fully saturated rings. The van der Waals surface area contributed by atoms with Crippen molar-refractivity contribution >= 4 is 33.5 Å². The number of para-hydroxylation sites is 1. The second kappa shape index (κ2) is 10.8. The van der Waals surface area contributed by atoms with E-state index < -0.39 is 5.91 Å². The molecular formula is C26H29N5O3. The second-order valence-corrected chi connectivity index (χ2v) is 8.34. The maximum Gasteiger partial charge on any atom is 0.290 e. The number of hydrogen-bond donors (Lipinski definition) is 3. The van der Waals surface area contributed by atoms with E-state index in [1.807, 2.05) is 24.4 Å². The van der Waals surface area contributed by atoms with Crippen LogP contribution in [0.5, 0.6) is 0 Å². The highest BCUT2D eigenvalue weighted by molar-refractivity contribution is 6.05. The average Bonchev–Trinajstić information content (AvgIpc) is 3.27. The van der Waals surface area contributed by atoms with Gasteiger partial charge in [0, 0.05) is 35.5 Å². The molecular weight excluding hydrogens is 430 g/mol. The number of carbonyl (C=O) groups is 2. The zero-order valence-electron chi connectivity index (χ0n) is 19.3. The van der Waals surface area contributed by atoms with Crippen molar-refractivity contribution < 1.29 is 9.59 Å². The molecule has 34 heavy (non-hydrogen) atoms. The Hall–Kier alpha value is -3.94. The number of benzene rings is 2.